The van der Waals surface area contributed by atoms with Crippen LogP contribution in [0.3, 0.4) is 0 Å². The van der Waals surface area contributed by atoms with Gasteiger partial charge in [0, 0.05) is 5.56 Å². The van der Waals surface area contributed by atoms with Crippen LogP contribution in [0.15, 0.2) is 36.4 Å². The fourth-order valence-corrected chi connectivity index (χ4v) is 3.57. The molecule has 130 valence electrons. The van der Waals surface area contributed by atoms with Gasteiger partial charge in [-0.1, -0.05) is 18.2 Å². The molecule has 1 aliphatic carbocycles. The minimum Gasteiger partial charge on any atom is -0.486 e. The Hall–Kier alpha value is -2.49. The van der Waals surface area contributed by atoms with Gasteiger partial charge >= 0.3 is 0 Å². The Balaban J connectivity index is 1.48. The number of rotatable bonds is 3. The van der Waals surface area contributed by atoms with Crippen molar-refractivity contribution in [3.8, 4) is 11.5 Å². The maximum Gasteiger partial charge on any atom is 0.251 e. The van der Waals surface area contributed by atoms with E-state index in [1.807, 2.05) is 6.92 Å². The number of carbonyl (C=O) groups is 1. The third kappa shape index (κ3) is 3.34. The van der Waals surface area contributed by atoms with E-state index in [0.29, 0.717) is 30.3 Å². The van der Waals surface area contributed by atoms with E-state index >= 15 is 0 Å². The molecule has 0 radical (unpaired) electrons. The summed E-state index contributed by atoms with van der Waals surface area (Å²) >= 11 is 0. The summed E-state index contributed by atoms with van der Waals surface area (Å²) in [6, 6.07) is 11.9. The summed E-state index contributed by atoms with van der Waals surface area (Å²) in [6.07, 6.45) is 4.86. The zero-order valence-electron chi connectivity index (χ0n) is 14.5. The summed E-state index contributed by atoms with van der Waals surface area (Å²) in [5.74, 6) is 1.24. The van der Waals surface area contributed by atoms with Gasteiger partial charge in [-0.05, 0) is 67.5 Å². The molecule has 1 amide bonds. The number of nitrogens with one attached hydrogen (secondary N) is 1. The predicted molar refractivity (Wildman–Crippen MR) is 96.4 cm³/mol. The smallest absolute Gasteiger partial charge is 0.251 e. The van der Waals surface area contributed by atoms with E-state index in [1.54, 1.807) is 18.2 Å². The van der Waals surface area contributed by atoms with Crippen molar-refractivity contribution in [1.29, 1.82) is 0 Å². The molecular formula is C21H23NO3. The topological polar surface area (TPSA) is 47.6 Å². The SMILES string of the molecule is C[C@@H](NC(=O)c1ccc2c(c1)OCCO2)c1ccc2c(c1)CCCC2. The number of hydrogen-bond donors (Lipinski definition) is 1. The molecule has 4 nitrogen and oxygen atoms in total. The van der Waals surface area contributed by atoms with Crippen LogP contribution in [0.4, 0.5) is 0 Å². The lowest BCUT2D eigenvalue weighted by Gasteiger charge is -2.21. The molecule has 4 heteroatoms. The molecule has 0 bridgehead atoms. The summed E-state index contributed by atoms with van der Waals surface area (Å²) < 4.78 is 11.1. The number of hydrogen-bond acceptors (Lipinski definition) is 3. The number of aryl methyl sites for hydroxylation is 2. The highest BCUT2D eigenvalue weighted by atomic mass is 16.6. The van der Waals surface area contributed by atoms with Gasteiger partial charge in [0.1, 0.15) is 13.2 Å². The first-order valence-electron chi connectivity index (χ1n) is 9.03. The third-order valence-corrected chi connectivity index (χ3v) is 5.02. The molecule has 25 heavy (non-hydrogen) atoms. The van der Waals surface area contributed by atoms with Crippen LogP contribution in [0, 0.1) is 0 Å². The lowest BCUT2D eigenvalue weighted by Crippen LogP contribution is -2.27. The zero-order valence-corrected chi connectivity index (χ0v) is 14.5. The Morgan fingerprint density at radius 2 is 1.72 bits per heavy atom. The molecule has 4 rings (SSSR count). The number of fused-ring (bicyclic) bond motifs is 2. The maximum atomic E-state index is 12.6. The van der Waals surface area contributed by atoms with Crippen molar-refractivity contribution in [3.05, 3.63) is 58.7 Å². The molecule has 0 fully saturated rings. The van der Waals surface area contributed by atoms with Gasteiger partial charge in [-0.2, -0.15) is 0 Å². The minimum atomic E-state index is -0.0952. The van der Waals surface area contributed by atoms with Crippen molar-refractivity contribution in [2.45, 2.75) is 38.6 Å². The van der Waals surface area contributed by atoms with Crippen molar-refractivity contribution in [2.75, 3.05) is 13.2 Å². The molecule has 0 saturated carbocycles. The number of carbonyl (C=O) groups excluding carboxylic acids is 1. The van der Waals surface area contributed by atoms with E-state index in [1.165, 1.54) is 30.4 Å². The molecule has 1 heterocycles. The first-order valence-corrected chi connectivity index (χ1v) is 9.03. The van der Waals surface area contributed by atoms with E-state index in [0.717, 1.165) is 12.0 Å². The molecular weight excluding hydrogens is 314 g/mol. The van der Waals surface area contributed by atoms with Crippen LogP contribution >= 0.6 is 0 Å². The van der Waals surface area contributed by atoms with Gasteiger partial charge in [-0.25, -0.2) is 0 Å². The quantitative estimate of drug-likeness (QED) is 0.926. The fraction of sp³-hybridized carbons (Fsp3) is 0.381. The van der Waals surface area contributed by atoms with Crippen LogP contribution in [0.5, 0.6) is 11.5 Å². The summed E-state index contributed by atoms with van der Waals surface area (Å²) in [5, 5.41) is 3.09. The monoisotopic (exact) mass is 337 g/mol. The Labute approximate surface area is 148 Å². The number of amides is 1. The second kappa shape index (κ2) is 6.79. The number of benzene rings is 2. The Morgan fingerprint density at radius 1 is 0.960 bits per heavy atom. The van der Waals surface area contributed by atoms with Crippen LogP contribution < -0.4 is 14.8 Å². The van der Waals surface area contributed by atoms with Gasteiger partial charge in [-0.15, -0.1) is 0 Å². The minimum absolute atomic E-state index is 0.0343. The Bertz CT molecular complexity index is 800. The summed E-state index contributed by atoms with van der Waals surface area (Å²) in [5.41, 5.74) is 4.64. The molecule has 2 aromatic carbocycles. The largest absolute Gasteiger partial charge is 0.486 e. The van der Waals surface area contributed by atoms with E-state index in [4.69, 9.17) is 9.47 Å². The Kier molecular flexibility index (Phi) is 4.35. The molecule has 0 saturated heterocycles. The van der Waals surface area contributed by atoms with Crippen LogP contribution in [-0.2, 0) is 12.8 Å². The van der Waals surface area contributed by atoms with E-state index in [2.05, 4.69) is 23.5 Å². The van der Waals surface area contributed by atoms with Crippen LogP contribution in [-0.4, -0.2) is 19.1 Å². The van der Waals surface area contributed by atoms with Crippen molar-refractivity contribution in [1.82, 2.24) is 5.32 Å². The standard InChI is InChI=1S/C21H23NO3/c1-14(16-7-6-15-4-2-3-5-17(15)12-16)22-21(23)18-8-9-19-20(13-18)25-11-10-24-19/h6-9,12-14H,2-5,10-11H2,1H3,(H,22,23)/t14-/m1/s1. The summed E-state index contributed by atoms with van der Waals surface area (Å²) in [6.45, 7) is 3.10. The highest BCUT2D eigenvalue weighted by Gasteiger charge is 2.18. The fourth-order valence-electron chi connectivity index (χ4n) is 3.57. The normalized spacial score (nSPS) is 16.7. The summed E-state index contributed by atoms with van der Waals surface area (Å²) in [7, 11) is 0. The van der Waals surface area contributed by atoms with Gasteiger partial charge < -0.3 is 14.8 Å². The van der Waals surface area contributed by atoms with Crippen molar-refractivity contribution >= 4 is 5.91 Å². The average Bonchev–Trinajstić information content (AvgIpc) is 2.67. The van der Waals surface area contributed by atoms with Crippen molar-refractivity contribution < 1.29 is 14.3 Å². The van der Waals surface area contributed by atoms with E-state index in [9.17, 15) is 4.79 Å². The summed E-state index contributed by atoms with van der Waals surface area (Å²) in [4.78, 5) is 12.6. The highest BCUT2D eigenvalue weighted by molar-refractivity contribution is 5.95. The second-order valence-electron chi connectivity index (χ2n) is 6.79. The van der Waals surface area contributed by atoms with Gasteiger partial charge in [0.15, 0.2) is 11.5 Å². The maximum absolute atomic E-state index is 12.6. The molecule has 1 aliphatic heterocycles. The molecule has 0 aromatic heterocycles. The van der Waals surface area contributed by atoms with Crippen molar-refractivity contribution in [3.63, 3.8) is 0 Å². The van der Waals surface area contributed by atoms with Crippen molar-refractivity contribution in [2.24, 2.45) is 0 Å². The average molecular weight is 337 g/mol. The second-order valence-corrected chi connectivity index (χ2v) is 6.79. The molecule has 2 aromatic rings. The zero-order chi connectivity index (χ0) is 17.2. The molecule has 2 aliphatic rings. The van der Waals surface area contributed by atoms with Crippen LogP contribution in [0.2, 0.25) is 0 Å². The molecule has 0 unspecified atom stereocenters. The first kappa shape index (κ1) is 16.0. The third-order valence-electron chi connectivity index (χ3n) is 5.02. The van der Waals surface area contributed by atoms with Gasteiger partial charge in [0.2, 0.25) is 0 Å². The lowest BCUT2D eigenvalue weighted by molar-refractivity contribution is 0.0938. The predicted octanol–water partition coefficient (Wildman–Crippen LogP) is 3.83. The van der Waals surface area contributed by atoms with Crippen LogP contribution in [0.1, 0.15) is 52.9 Å². The van der Waals surface area contributed by atoms with E-state index in [-0.39, 0.29) is 11.9 Å². The highest BCUT2D eigenvalue weighted by Crippen LogP contribution is 2.31. The molecule has 0 spiro atoms. The molecule has 1 atom stereocenters. The van der Waals surface area contributed by atoms with Gasteiger partial charge in [0.05, 0.1) is 6.04 Å². The van der Waals surface area contributed by atoms with Gasteiger partial charge in [-0.3, -0.25) is 4.79 Å². The lowest BCUT2D eigenvalue weighted by atomic mass is 9.89. The van der Waals surface area contributed by atoms with E-state index < -0.39 is 0 Å². The van der Waals surface area contributed by atoms with Gasteiger partial charge in [0.25, 0.3) is 5.91 Å². The first-order chi connectivity index (χ1) is 12.2. The Morgan fingerprint density at radius 3 is 2.56 bits per heavy atom. The molecule has 1 N–H and O–H groups in total. The van der Waals surface area contributed by atoms with Crippen LogP contribution in [0.25, 0.3) is 0 Å². The number of ether oxygens (including phenoxy) is 2.